The lowest BCUT2D eigenvalue weighted by atomic mass is 9.93. The second-order valence-corrected chi connectivity index (χ2v) is 6.01. The van der Waals surface area contributed by atoms with E-state index in [1.807, 2.05) is 36.1 Å². The second kappa shape index (κ2) is 7.09. The van der Waals surface area contributed by atoms with Gasteiger partial charge in [-0.05, 0) is 64.0 Å². The molecule has 0 N–H and O–H groups in total. The molecule has 0 spiro atoms. The average molecular weight is 295 g/mol. The van der Waals surface area contributed by atoms with Gasteiger partial charge < -0.3 is 9.80 Å². The van der Waals surface area contributed by atoms with Crippen molar-refractivity contribution in [1.82, 2.24) is 4.90 Å². The minimum absolute atomic E-state index is 0.212. The number of piperidine rings is 1. The van der Waals surface area contributed by atoms with E-state index in [0.29, 0.717) is 23.9 Å². The zero-order valence-electron chi connectivity index (χ0n) is 12.3. The summed E-state index contributed by atoms with van der Waals surface area (Å²) in [6.07, 6.45) is 2.89. The average Bonchev–Trinajstić information content (AvgIpc) is 2.42. The summed E-state index contributed by atoms with van der Waals surface area (Å²) in [5.41, 5.74) is 0.901. The molecule has 1 aliphatic rings. The molecule has 1 saturated heterocycles. The van der Waals surface area contributed by atoms with Crippen molar-refractivity contribution < 1.29 is 4.79 Å². The van der Waals surface area contributed by atoms with E-state index in [2.05, 4.69) is 11.9 Å². The molecule has 1 aromatic carbocycles. The number of anilines is 1. The van der Waals surface area contributed by atoms with Gasteiger partial charge in [0.15, 0.2) is 0 Å². The molecule has 20 heavy (non-hydrogen) atoms. The summed E-state index contributed by atoms with van der Waals surface area (Å²) in [5.74, 6) is 0.733. The SMILES string of the molecule is CCN(C(=O)CC1CCN(C)CC1)c1cccc(Cl)c1. The highest BCUT2D eigenvalue weighted by Crippen LogP contribution is 2.24. The Bertz CT molecular complexity index is 456. The van der Waals surface area contributed by atoms with E-state index in [1.54, 1.807) is 0 Å². The summed E-state index contributed by atoms with van der Waals surface area (Å²) < 4.78 is 0. The Morgan fingerprint density at radius 3 is 2.70 bits per heavy atom. The summed E-state index contributed by atoms with van der Waals surface area (Å²) in [5, 5.41) is 0.674. The molecular weight excluding hydrogens is 272 g/mol. The normalized spacial score (nSPS) is 17.1. The molecule has 1 heterocycles. The minimum Gasteiger partial charge on any atom is -0.313 e. The number of hydrogen-bond acceptors (Lipinski definition) is 2. The van der Waals surface area contributed by atoms with E-state index >= 15 is 0 Å². The Balaban J connectivity index is 1.99. The number of amides is 1. The molecule has 1 fully saturated rings. The molecule has 110 valence electrons. The minimum atomic E-state index is 0.212. The van der Waals surface area contributed by atoms with Gasteiger partial charge in [-0.2, -0.15) is 0 Å². The van der Waals surface area contributed by atoms with Gasteiger partial charge in [0, 0.05) is 23.7 Å². The first-order valence-electron chi connectivity index (χ1n) is 7.34. The highest BCUT2D eigenvalue weighted by Gasteiger charge is 2.22. The third-order valence-electron chi connectivity index (χ3n) is 4.04. The fraction of sp³-hybridized carbons (Fsp3) is 0.562. The van der Waals surface area contributed by atoms with Crippen LogP contribution in [-0.2, 0) is 4.79 Å². The Kier molecular flexibility index (Phi) is 5.44. The summed E-state index contributed by atoms with van der Waals surface area (Å²) >= 11 is 6.02. The summed E-state index contributed by atoms with van der Waals surface area (Å²) in [6, 6.07) is 7.53. The molecule has 2 rings (SSSR count). The Morgan fingerprint density at radius 2 is 2.10 bits per heavy atom. The Hall–Kier alpha value is -1.06. The number of halogens is 1. The molecule has 0 aliphatic carbocycles. The second-order valence-electron chi connectivity index (χ2n) is 5.57. The smallest absolute Gasteiger partial charge is 0.227 e. The molecule has 0 aromatic heterocycles. The molecule has 1 aliphatic heterocycles. The van der Waals surface area contributed by atoms with Crippen LogP contribution in [0.1, 0.15) is 26.2 Å². The first-order chi connectivity index (χ1) is 9.60. The molecular formula is C16H23ClN2O. The van der Waals surface area contributed by atoms with Crippen LogP contribution < -0.4 is 4.90 Å². The highest BCUT2D eigenvalue weighted by atomic mass is 35.5. The number of rotatable bonds is 4. The molecule has 0 unspecified atom stereocenters. The maximum atomic E-state index is 12.5. The topological polar surface area (TPSA) is 23.6 Å². The number of hydrogen-bond donors (Lipinski definition) is 0. The van der Waals surface area contributed by atoms with Gasteiger partial charge in [-0.25, -0.2) is 0 Å². The van der Waals surface area contributed by atoms with Crippen LogP contribution in [0.5, 0.6) is 0 Å². The lowest BCUT2D eigenvalue weighted by Crippen LogP contribution is -2.36. The van der Waals surface area contributed by atoms with Gasteiger partial charge in [-0.1, -0.05) is 17.7 Å². The van der Waals surface area contributed by atoms with Crippen molar-refractivity contribution in [3.63, 3.8) is 0 Å². The zero-order valence-corrected chi connectivity index (χ0v) is 13.1. The fourth-order valence-electron chi connectivity index (χ4n) is 2.77. The summed E-state index contributed by atoms with van der Waals surface area (Å²) in [4.78, 5) is 16.7. The molecule has 1 amide bonds. The van der Waals surface area contributed by atoms with Crippen molar-refractivity contribution in [3.8, 4) is 0 Å². The third kappa shape index (κ3) is 3.97. The van der Waals surface area contributed by atoms with Gasteiger partial charge in [-0.3, -0.25) is 4.79 Å². The molecule has 0 radical (unpaired) electrons. The van der Waals surface area contributed by atoms with E-state index in [4.69, 9.17) is 11.6 Å². The van der Waals surface area contributed by atoms with Crippen LogP contribution in [-0.4, -0.2) is 37.5 Å². The van der Waals surface area contributed by atoms with Crippen molar-refractivity contribution in [2.75, 3.05) is 31.6 Å². The molecule has 1 aromatic rings. The molecule has 0 saturated carbocycles. The van der Waals surface area contributed by atoms with Crippen LogP contribution in [0.15, 0.2) is 24.3 Å². The zero-order chi connectivity index (χ0) is 14.5. The lowest BCUT2D eigenvalue weighted by molar-refractivity contribution is -0.119. The van der Waals surface area contributed by atoms with E-state index in [9.17, 15) is 4.79 Å². The largest absolute Gasteiger partial charge is 0.313 e. The number of likely N-dealkylation sites (tertiary alicyclic amines) is 1. The van der Waals surface area contributed by atoms with Gasteiger partial charge in [0.1, 0.15) is 0 Å². The standard InChI is InChI=1S/C16H23ClN2O/c1-3-19(15-6-4-5-14(17)12-15)16(20)11-13-7-9-18(2)10-8-13/h4-6,12-13H,3,7-11H2,1-2H3. The molecule has 3 nitrogen and oxygen atoms in total. The van der Waals surface area contributed by atoms with Crippen LogP contribution >= 0.6 is 11.6 Å². The van der Waals surface area contributed by atoms with E-state index in [1.165, 1.54) is 0 Å². The number of benzene rings is 1. The third-order valence-corrected chi connectivity index (χ3v) is 4.27. The van der Waals surface area contributed by atoms with Crippen molar-refractivity contribution in [3.05, 3.63) is 29.3 Å². The quantitative estimate of drug-likeness (QED) is 0.849. The van der Waals surface area contributed by atoms with E-state index in [-0.39, 0.29) is 5.91 Å². The van der Waals surface area contributed by atoms with Crippen molar-refractivity contribution >= 4 is 23.2 Å². The van der Waals surface area contributed by atoms with Crippen molar-refractivity contribution in [1.29, 1.82) is 0 Å². The molecule has 4 heteroatoms. The van der Waals surface area contributed by atoms with Gasteiger partial charge in [-0.15, -0.1) is 0 Å². The van der Waals surface area contributed by atoms with Gasteiger partial charge in [0.05, 0.1) is 0 Å². The Morgan fingerprint density at radius 1 is 1.40 bits per heavy atom. The first kappa shape index (κ1) is 15.3. The van der Waals surface area contributed by atoms with Crippen LogP contribution in [0.25, 0.3) is 0 Å². The predicted octanol–water partition coefficient (Wildman–Crippen LogP) is 3.42. The lowest BCUT2D eigenvalue weighted by Gasteiger charge is -2.30. The molecule has 0 atom stereocenters. The van der Waals surface area contributed by atoms with Crippen LogP contribution in [0.4, 0.5) is 5.69 Å². The number of nitrogens with zero attached hydrogens (tertiary/aromatic N) is 2. The first-order valence-corrected chi connectivity index (χ1v) is 7.72. The van der Waals surface area contributed by atoms with Crippen molar-refractivity contribution in [2.24, 2.45) is 5.92 Å². The monoisotopic (exact) mass is 294 g/mol. The molecule has 0 bridgehead atoms. The van der Waals surface area contributed by atoms with Gasteiger partial charge in [0.2, 0.25) is 5.91 Å². The number of carbonyl (C=O) groups is 1. The van der Waals surface area contributed by atoms with Gasteiger partial charge in [0.25, 0.3) is 0 Å². The number of carbonyl (C=O) groups excluding carboxylic acids is 1. The summed E-state index contributed by atoms with van der Waals surface area (Å²) in [7, 11) is 2.14. The highest BCUT2D eigenvalue weighted by molar-refractivity contribution is 6.30. The van der Waals surface area contributed by atoms with Crippen LogP contribution in [0, 0.1) is 5.92 Å². The van der Waals surface area contributed by atoms with E-state index in [0.717, 1.165) is 31.6 Å². The van der Waals surface area contributed by atoms with E-state index < -0.39 is 0 Å². The Labute approximate surface area is 126 Å². The maximum Gasteiger partial charge on any atom is 0.227 e. The van der Waals surface area contributed by atoms with Crippen LogP contribution in [0.2, 0.25) is 5.02 Å². The predicted molar refractivity (Wildman–Crippen MR) is 84.3 cm³/mol. The van der Waals surface area contributed by atoms with Gasteiger partial charge >= 0.3 is 0 Å². The fourth-order valence-corrected chi connectivity index (χ4v) is 2.95. The van der Waals surface area contributed by atoms with Crippen molar-refractivity contribution in [2.45, 2.75) is 26.2 Å². The maximum absolute atomic E-state index is 12.5. The van der Waals surface area contributed by atoms with Crippen LogP contribution in [0.3, 0.4) is 0 Å². The summed E-state index contributed by atoms with van der Waals surface area (Å²) in [6.45, 7) is 4.89.